The van der Waals surface area contributed by atoms with Crippen molar-refractivity contribution in [3.63, 3.8) is 0 Å². The van der Waals surface area contributed by atoms with Crippen LogP contribution in [-0.4, -0.2) is 56.1 Å². The largest absolute Gasteiger partial charge is 0.357 e. The number of guanidine groups is 1. The molecule has 0 saturated carbocycles. The van der Waals surface area contributed by atoms with Crippen LogP contribution in [0.4, 0.5) is 5.82 Å². The Labute approximate surface area is 185 Å². The average Bonchev–Trinajstić information content (AvgIpc) is 2.80. The third kappa shape index (κ3) is 6.70. The molecule has 3 N–H and O–H groups in total. The quantitative estimate of drug-likeness (QED) is 0.472. The lowest BCUT2D eigenvalue weighted by molar-refractivity contribution is 0.0963. The van der Waals surface area contributed by atoms with Crippen molar-refractivity contribution in [1.82, 2.24) is 20.9 Å². The van der Waals surface area contributed by atoms with Crippen LogP contribution in [0.3, 0.4) is 0 Å². The molecule has 0 aliphatic carbocycles. The number of hydrogen-bond acceptors (Lipinski definition) is 4. The Morgan fingerprint density at radius 3 is 2.71 bits per heavy atom. The highest BCUT2D eigenvalue weighted by Crippen LogP contribution is 2.18. The van der Waals surface area contributed by atoms with Crippen LogP contribution in [0.5, 0.6) is 0 Å². The van der Waals surface area contributed by atoms with Gasteiger partial charge in [-0.3, -0.25) is 9.79 Å². The van der Waals surface area contributed by atoms with E-state index in [1.54, 1.807) is 7.05 Å². The Morgan fingerprint density at radius 2 is 2.03 bits per heavy atom. The molecule has 1 aliphatic heterocycles. The molecule has 0 bridgehead atoms. The number of nitrogens with one attached hydrogen (secondary N) is 3. The number of hydrogen-bond donors (Lipinski definition) is 3. The van der Waals surface area contributed by atoms with Gasteiger partial charge in [0.1, 0.15) is 5.82 Å². The van der Waals surface area contributed by atoms with E-state index in [2.05, 4.69) is 51.8 Å². The summed E-state index contributed by atoms with van der Waals surface area (Å²) >= 11 is 0. The van der Waals surface area contributed by atoms with E-state index in [0.717, 1.165) is 56.2 Å². The fraction of sp³-hybridized carbons (Fsp3) is 0.458. The summed E-state index contributed by atoms with van der Waals surface area (Å²) in [5.41, 5.74) is 2.98. The first-order valence-electron chi connectivity index (χ1n) is 11.1. The molecule has 2 aromatic rings. The molecule has 31 heavy (non-hydrogen) atoms. The highest BCUT2D eigenvalue weighted by atomic mass is 16.1. The Hall–Kier alpha value is -3.09. The molecule has 0 spiro atoms. The number of piperidine rings is 1. The molecule has 3 rings (SSSR count). The summed E-state index contributed by atoms with van der Waals surface area (Å²) in [6, 6.07) is 12.3. The minimum Gasteiger partial charge on any atom is -0.357 e. The molecule has 7 heteroatoms. The highest BCUT2D eigenvalue weighted by Gasteiger charge is 2.20. The molecule has 1 aliphatic rings. The Balaban J connectivity index is 1.51. The number of amides is 1. The van der Waals surface area contributed by atoms with Gasteiger partial charge in [-0.2, -0.15) is 0 Å². The first-order valence-corrected chi connectivity index (χ1v) is 11.1. The van der Waals surface area contributed by atoms with E-state index < -0.39 is 0 Å². The normalized spacial score (nSPS) is 14.9. The molecular formula is C24H34N6O. The van der Waals surface area contributed by atoms with E-state index in [-0.39, 0.29) is 5.91 Å². The van der Waals surface area contributed by atoms with Gasteiger partial charge in [0.05, 0.1) is 0 Å². The smallest absolute Gasteiger partial charge is 0.251 e. The molecular weight excluding hydrogens is 388 g/mol. The highest BCUT2D eigenvalue weighted by molar-refractivity contribution is 5.94. The van der Waals surface area contributed by atoms with E-state index in [1.807, 2.05) is 30.5 Å². The summed E-state index contributed by atoms with van der Waals surface area (Å²) in [7, 11) is 1.65. The van der Waals surface area contributed by atoms with Crippen LogP contribution >= 0.6 is 0 Å². The van der Waals surface area contributed by atoms with E-state index in [1.165, 1.54) is 5.56 Å². The lowest BCUT2D eigenvalue weighted by Gasteiger charge is -2.33. The Morgan fingerprint density at radius 1 is 1.23 bits per heavy atom. The zero-order valence-electron chi connectivity index (χ0n) is 18.8. The maximum Gasteiger partial charge on any atom is 0.251 e. The fourth-order valence-corrected chi connectivity index (χ4v) is 3.72. The maximum atomic E-state index is 11.8. The molecule has 1 saturated heterocycles. The van der Waals surface area contributed by atoms with Crippen molar-refractivity contribution < 1.29 is 4.79 Å². The molecule has 7 nitrogen and oxygen atoms in total. The monoisotopic (exact) mass is 422 g/mol. The van der Waals surface area contributed by atoms with Crippen molar-refractivity contribution in [2.75, 3.05) is 38.1 Å². The predicted molar refractivity (Wildman–Crippen MR) is 127 cm³/mol. The first kappa shape index (κ1) is 22.6. The van der Waals surface area contributed by atoms with Crippen LogP contribution in [-0.2, 0) is 6.42 Å². The molecule has 0 radical (unpaired) electrons. The van der Waals surface area contributed by atoms with Crippen molar-refractivity contribution in [3.8, 4) is 0 Å². The van der Waals surface area contributed by atoms with Crippen LogP contribution in [0, 0.1) is 6.92 Å². The van der Waals surface area contributed by atoms with Gasteiger partial charge < -0.3 is 20.9 Å². The maximum absolute atomic E-state index is 11.8. The Kier molecular flexibility index (Phi) is 8.27. The van der Waals surface area contributed by atoms with Gasteiger partial charge in [0.2, 0.25) is 0 Å². The molecule has 166 valence electrons. The lowest BCUT2D eigenvalue weighted by Crippen LogP contribution is -2.49. The Bertz CT molecular complexity index is 872. The topological polar surface area (TPSA) is 81.6 Å². The molecule has 1 aromatic carbocycles. The van der Waals surface area contributed by atoms with Crippen LogP contribution < -0.4 is 20.9 Å². The summed E-state index contributed by atoms with van der Waals surface area (Å²) < 4.78 is 0. The van der Waals surface area contributed by atoms with Gasteiger partial charge in [0.15, 0.2) is 5.96 Å². The van der Waals surface area contributed by atoms with Crippen molar-refractivity contribution >= 4 is 17.7 Å². The van der Waals surface area contributed by atoms with Crippen molar-refractivity contribution in [2.45, 2.75) is 39.2 Å². The average molecular weight is 423 g/mol. The summed E-state index contributed by atoms with van der Waals surface area (Å²) in [5, 5.41) is 9.61. The fourth-order valence-electron chi connectivity index (χ4n) is 3.72. The number of rotatable bonds is 7. The van der Waals surface area contributed by atoms with Gasteiger partial charge in [-0.1, -0.05) is 18.2 Å². The van der Waals surface area contributed by atoms with Crippen LogP contribution in [0.2, 0.25) is 0 Å². The van der Waals surface area contributed by atoms with Crippen LogP contribution in [0.15, 0.2) is 47.6 Å². The number of aryl methyl sites for hydroxylation is 1. The minimum absolute atomic E-state index is 0.0625. The van der Waals surface area contributed by atoms with Crippen LogP contribution in [0.25, 0.3) is 0 Å². The standard InChI is InChI=1S/C24H34N6O/c1-4-26-24(27-13-10-19-6-5-7-20(16-19)23(31)25-3)29-21-11-14-30(15-12-21)22-9-8-18(2)17-28-22/h5-9,16-17,21H,4,10-15H2,1-3H3,(H,25,31)(H2,26,27,29). The third-order valence-electron chi connectivity index (χ3n) is 5.49. The number of pyridine rings is 1. The van der Waals surface area contributed by atoms with Gasteiger partial charge in [-0.25, -0.2) is 4.98 Å². The van der Waals surface area contributed by atoms with E-state index in [9.17, 15) is 4.79 Å². The number of benzene rings is 1. The van der Waals surface area contributed by atoms with Gasteiger partial charge in [-0.05, 0) is 62.4 Å². The van der Waals surface area contributed by atoms with Crippen molar-refractivity contribution in [2.24, 2.45) is 4.99 Å². The zero-order valence-corrected chi connectivity index (χ0v) is 18.8. The van der Waals surface area contributed by atoms with Gasteiger partial charge in [-0.15, -0.1) is 0 Å². The predicted octanol–water partition coefficient (Wildman–Crippen LogP) is 2.52. The number of anilines is 1. The second kappa shape index (κ2) is 11.3. The van der Waals surface area contributed by atoms with Gasteiger partial charge in [0, 0.05) is 51.0 Å². The van der Waals surface area contributed by atoms with Crippen molar-refractivity contribution in [3.05, 3.63) is 59.3 Å². The molecule has 1 aromatic heterocycles. The summed E-state index contributed by atoms with van der Waals surface area (Å²) in [6.45, 7) is 7.60. The van der Waals surface area contributed by atoms with Gasteiger partial charge >= 0.3 is 0 Å². The number of carbonyl (C=O) groups excluding carboxylic acids is 1. The zero-order chi connectivity index (χ0) is 22.1. The van der Waals surface area contributed by atoms with Crippen LogP contribution in [0.1, 0.15) is 41.3 Å². The number of nitrogens with zero attached hydrogens (tertiary/aromatic N) is 3. The number of aromatic nitrogens is 1. The number of aliphatic imine (C=N–C) groups is 1. The summed E-state index contributed by atoms with van der Waals surface area (Å²) in [5.74, 6) is 1.85. The molecule has 1 fully saturated rings. The molecule has 2 heterocycles. The number of carbonyl (C=O) groups is 1. The van der Waals surface area contributed by atoms with E-state index >= 15 is 0 Å². The van der Waals surface area contributed by atoms with Crippen molar-refractivity contribution in [1.29, 1.82) is 0 Å². The molecule has 1 amide bonds. The van der Waals surface area contributed by atoms with Gasteiger partial charge in [0.25, 0.3) is 5.91 Å². The third-order valence-corrected chi connectivity index (χ3v) is 5.49. The second-order valence-corrected chi connectivity index (χ2v) is 7.89. The summed E-state index contributed by atoms with van der Waals surface area (Å²) in [6.07, 6.45) is 4.82. The van der Waals surface area contributed by atoms with E-state index in [4.69, 9.17) is 4.99 Å². The lowest BCUT2D eigenvalue weighted by atomic mass is 10.1. The SMILES string of the molecule is CCNC(=NCCc1cccc(C(=O)NC)c1)NC1CCN(c2ccc(C)cn2)CC1. The minimum atomic E-state index is -0.0625. The summed E-state index contributed by atoms with van der Waals surface area (Å²) in [4.78, 5) is 23.5. The first-order chi connectivity index (χ1) is 15.1. The second-order valence-electron chi connectivity index (χ2n) is 7.89. The van der Waals surface area contributed by atoms with E-state index in [0.29, 0.717) is 18.2 Å². The molecule has 0 unspecified atom stereocenters. The molecule has 0 atom stereocenters.